The maximum Gasteiger partial charge on any atom is 0.292 e. The third-order valence-electron chi connectivity index (χ3n) is 3.87. The number of nitrogens with zero attached hydrogens (tertiary/aromatic N) is 2. The van der Waals surface area contributed by atoms with Gasteiger partial charge in [0, 0.05) is 46.0 Å². The van der Waals surface area contributed by atoms with Crippen molar-refractivity contribution in [1.82, 2.24) is 10.6 Å². The van der Waals surface area contributed by atoms with Crippen LogP contribution >= 0.6 is 24.0 Å². The number of anilines is 1. The molecule has 1 aromatic rings. The molecule has 1 fully saturated rings. The van der Waals surface area contributed by atoms with Gasteiger partial charge in [-0.15, -0.1) is 24.0 Å². The molecule has 0 radical (unpaired) electrons. The number of aliphatic imine (C=N–C) groups is 1. The van der Waals surface area contributed by atoms with E-state index >= 15 is 0 Å². The van der Waals surface area contributed by atoms with Gasteiger partial charge in [-0.1, -0.05) is 12.1 Å². The van der Waals surface area contributed by atoms with Gasteiger partial charge in [0.15, 0.2) is 5.96 Å². The number of nitro groups is 1. The molecule has 0 bridgehead atoms. The summed E-state index contributed by atoms with van der Waals surface area (Å²) in [6, 6.07) is 6.62. The standard InChI is InChI=1S/C17H27N5O3.HI/c1-18-17(20-9-4-12-25-13-14-7-8-14)21-11-10-19-15-5-2-3-6-16(15)22(23)24;/h2-3,5-6,14,19H,4,7-13H2,1H3,(H2,18,20,21);1H. The van der Waals surface area contributed by atoms with Gasteiger partial charge < -0.3 is 20.7 Å². The van der Waals surface area contributed by atoms with E-state index in [9.17, 15) is 10.1 Å². The van der Waals surface area contributed by atoms with E-state index in [-0.39, 0.29) is 34.6 Å². The Kier molecular flexibility index (Phi) is 10.9. The summed E-state index contributed by atoms with van der Waals surface area (Å²) in [5, 5.41) is 20.4. The molecule has 1 aromatic carbocycles. The van der Waals surface area contributed by atoms with Crippen LogP contribution in [0.2, 0.25) is 0 Å². The first-order valence-electron chi connectivity index (χ1n) is 8.70. The average Bonchev–Trinajstić information content (AvgIpc) is 3.44. The highest BCUT2D eigenvalue weighted by molar-refractivity contribution is 14.0. The smallest absolute Gasteiger partial charge is 0.292 e. The third kappa shape index (κ3) is 8.65. The van der Waals surface area contributed by atoms with Gasteiger partial charge in [-0.2, -0.15) is 0 Å². The van der Waals surface area contributed by atoms with E-state index in [1.807, 2.05) is 0 Å². The van der Waals surface area contributed by atoms with Gasteiger partial charge in [0.05, 0.1) is 4.92 Å². The molecule has 26 heavy (non-hydrogen) atoms. The number of guanidine groups is 1. The Balaban J connectivity index is 0.00000338. The summed E-state index contributed by atoms with van der Waals surface area (Å²) in [5.41, 5.74) is 0.598. The van der Waals surface area contributed by atoms with E-state index in [4.69, 9.17) is 4.74 Å². The molecule has 0 spiro atoms. The normalized spacial score (nSPS) is 13.7. The molecular weight excluding hydrogens is 449 g/mol. The molecule has 0 amide bonds. The Morgan fingerprint density at radius 3 is 2.69 bits per heavy atom. The quantitative estimate of drug-likeness (QED) is 0.113. The average molecular weight is 477 g/mol. The largest absolute Gasteiger partial charge is 0.381 e. The number of benzene rings is 1. The second-order valence-corrected chi connectivity index (χ2v) is 6.00. The molecule has 0 aliphatic heterocycles. The van der Waals surface area contributed by atoms with Crippen molar-refractivity contribution in [1.29, 1.82) is 0 Å². The van der Waals surface area contributed by atoms with Crippen LogP contribution in [0, 0.1) is 16.0 Å². The van der Waals surface area contributed by atoms with Crippen molar-refractivity contribution >= 4 is 41.3 Å². The Labute approximate surface area is 171 Å². The van der Waals surface area contributed by atoms with Gasteiger partial charge in [-0.05, 0) is 31.2 Å². The molecule has 1 saturated carbocycles. The van der Waals surface area contributed by atoms with Crippen molar-refractivity contribution < 1.29 is 9.66 Å². The number of hydrogen-bond donors (Lipinski definition) is 3. The van der Waals surface area contributed by atoms with Gasteiger partial charge in [-0.25, -0.2) is 0 Å². The van der Waals surface area contributed by atoms with Gasteiger partial charge in [0.25, 0.3) is 5.69 Å². The highest BCUT2D eigenvalue weighted by Crippen LogP contribution is 2.28. The lowest BCUT2D eigenvalue weighted by Gasteiger charge is -2.13. The van der Waals surface area contributed by atoms with E-state index in [0.29, 0.717) is 24.7 Å². The Morgan fingerprint density at radius 2 is 2.00 bits per heavy atom. The maximum absolute atomic E-state index is 11.0. The molecule has 1 aliphatic carbocycles. The van der Waals surface area contributed by atoms with E-state index in [1.54, 1.807) is 25.2 Å². The van der Waals surface area contributed by atoms with Gasteiger partial charge in [0.2, 0.25) is 0 Å². The van der Waals surface area contributed by atoms with Crippen molar-refractivity contribution in [2.75, 3.05) is 45.2 Å². The van der Waals surface area contributed by atoms with Crippen LogP contribution in [0.5, 0.6) is 0 Å². The van der Waals surface area contributed by atoms with Crippen molar-refractivity contribution in [3.63, 3.8) is 0 Å². The lowest BCUT2D eigenvalue weighted by atomic mass is 10.2. The highest BCUT2D eigenvalue weighted by Gasteiger charge is 2.20. The number of hydrogen-bond acceptors (Lipinski definition) is 5. The Morgan fingerprint density at radius 1 is 1.27 bits per heavy atom. The molecule has 146 valence electrons. The molecule has 1 aliphatic rings. The molecule has 0 saturated heterocycles. The van der Waals surface area contributed by atoms with Crippen LogP contribution in [-0.4, -0.2) is 50.8 Å². The molecule has 2 rings (SSSR count). The van der Waals surface area contributed by atoms with Crippen molar-refractivity contribution in [2.24, 2.45) is 10.9 Å². The number of ether oxygens (including phenoxy) is 1. The SMILES string of the molecule is CN=C(NCCCOCC1CC1)NCCNc1ccccc1[N+](=O)[O-].I. The van der Waals surface area contributed by atoms with Crippen LogP contribution in [0.25, 0.3) is 0 Å². The minimum atomic E-state index is -0.387. The van der Waals surface area contributed by atoms with Crippen LogP contribution in [-0.2, 0) is 4.74 Å². The zero-order chi connectivity index (χ0) is 17.9. The molecule has 3 N–H and O–H groups in total. The summed E-state index contributed by atoms with van der Waals surface area (Å²) in [5.74, 6) is 1.52. The number of para-hydroxylation sites is 2. The second-order valence-electron chi connectivity index (χ2n) is 6.00. The summed E-state index contributed by atoms with van der Waals surface area (Å²) in [7, 11) is 1.72. The van der Waals surface area contributed by atoms with Crippen molar-refractivity contribution in [3.8, 4) is 0 Å². The first kappa shape index (κ1) is 22.4. The van der Waals surface area contributed by atoms with Crippen molar-refractivity contribution in [2.45, 2.75) is 19.3 Å². The second kappa shape index (κ2) is 12.7. The summed E-state index contributed by atoms with van der Waals surface area (Å²) in [4.78, 5) is 14.7. The predicted molar refractivity (Wildman–Crippen MR) is 115 cm³/mol. The highest BCUT2D eigenvalue weighted by atomic mass is 127. The molecule has 8 nitrogen and oxygen atoms in total. The summed E-state index contributed by atoms with van der Waals surface area (Å²) in [6.07, 6.45) is 3.56. The fraction of sp³-hybridized carbons (Fsp3) is 0.588. The lowest BCUT2D eigenvalue weighted by molar-refractivity contribution is -0.384. The van der Waals surface area contributed by atoms with E-state index < -0.39 is 0 Å². The number of nitrogens with one attached hydrogen (secondary N) is 3. The van der Waals surface area contributed by atoms with Gasteiger partial charge >= 0.3 is 0 Å². The Hall–Kier alpha value is -1.62. The van der Waals surface area contributed by atoms with Crippen LogP contribution in [0.1, 0.15) is 19.3 Å². The van der Waals surface area contributed by atoms with Crippen LogP contribution in [0.15, 0.2) is 29.3 Å². The third-order valence-corrected chi connectivity index (χ3v) is 3.87. The minimum Gasteiger partial charge on any atom is -0.381 e. The van der Waals surface area contributed by atoms with Gasteiger partial charge in [-0.3, -0.25) is 15.1 Å². The van der Waals surface area contributed by atoms with E-state index in [0.717, 1.165) is 32.1 Å². The summed E-state index contributed by atoms with van der Waals surface area (Å²) < 4.78 is 5.59. The Bertz CT molecular complexity index is 581. The van der Waals surface area contributed by atoms with E-state index in [1.165, 1.54) is 18.9 Å². The van der Waals surface area contributed by atoms with Gasteiger partial charge in [0.1, 0.15) is 5.69 Å². The van der Waals surface area contributed by atoms with E-state index in [2.05, 4.69) is 20.9 Å². The fourth-order valence-corrected chi connectivity index (χ4v) is 2.30. The van der Waals surface area contributed by atoms with Crippen LogP contribution in [0.3, 0.4) is 0 Å². The minimum absolute atomic E-state index is 0. The lowest BCUT2D eigenvalue weighted by Crippen LogP contribution is -2.40. The first-order chi connectivity index (χ1) is 12.2. The number of halogens is 1. The molecule has 0 unspecified atom stereocenters. The van der Waals surface area contributed by atoms with Crippen LogP contribution in [0.4, 0.5) is 11.4 Å². The predicted octanol–water partition coefficient (Wildman–Crippen LogP) is 2.61. The molecule has 0 aromatic heterocycles. The first-order valence-corrected chi connectivity index (χ1v) is 8.70. The molecule has 0 atom stereocenters. The summed E-state index contributed by atoms with van der Waals surface area (Å²) in [6.45, 7) is 3.60. The molecular formula is C17H28IN5O3. The monoisotopic (exact) mass is 477 g/mol. The number of nitro benzene ring substituents is 1. The summed E-state index contributed by atoms with van der Waals surface area (Å²) >= 11 is 0. The molecule has 0 heterocycles. The zero-order valence-electron chi connectivity index (χ0n) is 15.1. The maximum atomic E-state index is 11.0. The van der Waals surface area contributed by atoms with Crippen molar-refractivity contribution in [3.05, 3.63) is 34.4 Å². The molecule has 9 heteroatoms. The fourth-order valence-electron chi connectivity index (χ4n) is 2.30. The van der Waals surface area contributed by atoms with Crippen LogP contribution < -0.4 is 16.0 Å². The zero-order valence-corrected chi connectivity index (χ0v) is 17.4. The topological polar surface area (TPSA) is 101 Å². The number of rotatable bonds is 11.